The average Bonchev–Trinajstić information content (AvgIpc) is 2.92. The molecule has 4 rings (SSSR count). The lowest BCUT2D eigenvalue weighted by Crippen LogP contribution is -2.38. The second-order valence-electron chi connectivity index (χ2n) is 9.59. The van der Waals surface area contributed by atoms with E-state index in [1.54, 1.807) is 19.1 Å². The molecule has 1 aliphatic rings. The molecule has 0 atom stereocenters. The quantitative estimate of drug-likeness (QED) is 0.352. The van der Waals surface area contributed by atoms with Crippen molar-refractivity contribution < 1.29 is 19.0 Å². The van der Waals surface area contributed by atoms with E-state index >= 15 is 0 Å². The third kappa shape index (κ3) is 5.96. The second-order valence-corrected chi connectivity index (χ2v) is 9.59. The number of allylic oxidation sites excluding steroid dienone is 1. The van der Waals surface area contributed by atoms with Gasteiger partial charge >= 0.3 is 6.09 Å². The van der Waals surface area contributed by atoms with Crippen LogP contribution in [0.4, 0.5) is 16.3 Å². The van der Waals surface area contributed by atoms with Crippen molar-refractivity contribution in [1.29, 1.82) is 0 Å². The van der Waals surface area contributed by atoms with E-state index in [0.717, 1.165) is 46.0 Å². The number of nitrogens with one attached hydrogen (secondary N) is 1. The van der Waals surface area contributed by atoms with Gasteiger partial charge in [0.1, 0.15) is 29.2 Å². The summed E-state index contributed by atoms with van der Waals surface area (Å²) >= 11 is 0. The highest BCUT2D eigenvalue weighted by molar-refractivity contribution is 5.80. The van der Waals surface area contributed by atoms with Crippen molar-refractivity contribution in [3.8, 4) is 22.8 Å². The summed E-state index contributed by atoms with van der Waals surface area (Å²) in [6, 6.07) is 15.5. The Hall–Kier alpha value is -4.33. The van der Waals surface area contributed by atoms with Gasteiger partial charge in [-0.05, 0) is 56.2 Å². The van der Waals surface area contributed by atoms with Gasteiger partial charge in [0.15, 0.2) is 0 Å². The van der Waals surface area contributed by atoms with Gasteiger partial charge in [-0.2, -0.15) is 0 Å². The molecule has 8 heteroatoms. The minimum atomic E-state index is -0.531. The SMILES string of the molecule is C=C1CC(c2cc(Nc3cc(-c4ccccc4OC)ncn3)ccc2OC)=CCN1C(=O)OC(C)(C)CC. The maximum Gasteiger partial charge on any atom is 0.414 e. The lowest BCUT2D eigenvalue weighted by Gasteiger charge is -2.32. The summed E-state index contributed by atoms with van der Waals surface area (Å²) in [7, 11) is 3.28. The molecule has 2 heterocycles. The summed E-state index contributed by atoms with van der Waals surface area (Å²) in [5, 5.41) is 3.37. The first-order chi connectivity index (χ1) is 18.2. The van der Waals surface area contributed by atoms with Gasteiger partial charge in [-0.25, -0.2) is 14.8 Å². The standard InChI is InChI=1S/C30H34N4O4/c1-7-30(3,4)38-29(35)34-15-14-21(16-20(34)2)24-17-22(12-13-27(24)37-6)33-28-18-25(31-19-32-28)23-10-8-9-11-26(23)36-5/h8-14,17-19H,2,7,15-16H2,1,3-6H3,(H,31,32,33). The lowest BCUT2D eigenvalue weighted by atomic mass is 9.96. The molecule has 1 aromatic heterocycles. The number of carbonyl (C=O) groups excluding carboxylic acids is 1. The van der Waals surface area contributed by atoms with Gasteiger partial charge in [-0.3, -0.25) is 4.90 Å². The van der Waals surface area contributed by atoms with E-state index in [-0.39, 0.29) is 6.09 Å². The Morgan fingerprint density at radius 2 is 1.79 bits per heavy atom. The number of hydrogen-bond acceptors (Lipinski definition) is 7. The zero-order valence-corrected chi connectivity index (χ0v) is 22.6. The number of amides is 1. The number of nitrogens with zero attached hydrogens (tertiary/aromatic N) is 3. The third-order valence-corrected chi connectivity index (χ3v) is 6.60. The van der Waals surface area contributed by atoms with Crippen LogP contribution in [-0.2, 0) is 4.74 Å². The topological polar surface area (TPSA) is 85.8 Å². The van der Waals surface area contributed by atoms with Gasteiger partial charge in [0, 0.05) is 41.5 Å². The van der Waals surface area contributed by atoms with Crippen LogP contribution in [0.3, 0.4) is 0 Å². The zero-order chi connectivity index (χ0) is 27.3. The fourth-order valence-corrected chi connectivity index (χ4v) is 4.10. The van der Waals surface area contributed by atoms with E-state index in [9.17, 15) is 4.79 Å². The van der Waals surface area contributed by atoms with Crippen LogP contribution in [-0.4, -0.2) is 47.3 Å². The highest BCUT2D eigenvalue weighted by atomic mass is 16.6. The van der Waals surface area contributed by atoms with Crippen molar-refractivity contribution >= 4 is 23.2 Å². The second kappa shape index (κ2) is 11.4. The summed E-state index contributed by atoms with van der Waals surface area (Å²) in [6.07, 6.45) is 4.38. The molecule has 198 valence electrons. The van der Waals surface area contributed by atoms with E-state index in [2.05, 4.69) is 21.9 Å². The first-order valence-electron chi connectivity index (χ1n) is 12.5. The van der Waals surface area contributed by atoms with Gasteiger partial charge in [0.2, 0.25) is 0 Å². The van der Waals surface area contributed by atoms with E-state index in [4.69, 9.17) is 14.2 Å². The smallest absolute Gasteiger partial charge is 0.414 e. The molecule has 0 saturated heterocycles. The van der Waals surface area contributed by atoms with E-state index in [1.165, 1.54) is 6.33 Å². The van der Waals surface area contributed by atoms with Crippen LogP contribution < -0.4 is 14.8 Å². The van der Waals surface area contributed by atoms with Crippen LogP contribution in [0.5, 0.6) is 11.5 Å². The Kier molecular flexibility index (Phi) is 8.00. The van der Waals surface area contributed by atoms with Crippen molar-refractivity contribution in [3.05, 3.63) is 78.8 Å². The van der Waals surface area contributed by atoms with E-state index < -0.39 is 5.60 Å². The Labute approximate surface area is 224 Å². The Morgan fingerprint density at radius 3 is 2.50 bits per heavy atom. The van der Waals surface area contributed by atoms with Crippen LogP contribution in [0, 0.1) is 0 Å². The fraction of sp³-hybridized carbons (Fsp3) is 0.300. The molecule has 1 N–H and O–H groups in total. The number of hydrogen-bond donors (Lipinski definition) is 1. The molecule has 38 heavy (non-hydrogen) atoms. The molecule has 1 aliphatic heterocycles. The monoisotopic (exact) mass is 514 g/mol. The van der Waals surface area contributed by atoms with Gasteiger partial charge in [-0.15, -0.1) is 0 Å². The van der Waals surface area contributed by atoms with Gasteiger partial charge < -0.3 is 19.5 Å². The number of carbonyl (C=O) groups is 1. The first-order valence-corrected chi connectivity index (χ1v) is 12.5. The van der Waals surface area contributed by atoms with Crippen LogP contribution in [0.25, 0.3) is 16.8 Å². The molecule has 0 fully saturated rings. The number of para-hydroxylation sites is 1. The number of aromatic nitrogens is 2. The first kappa shape index (κ1) is 26.7. The van der Waals surface area contributed by atoms with Crippen LogP contribution in [0.2, 0.25) is 0 Å². The Morgan fingerprint density at radius 1 is 1.05 bits per heavy atom. The minimum absolute atomic E-state index is 0.377. The number of methoxy groups -OCH3 is 2. The van der Waals surface area contributed by atoms with Gasteiger partial charge in [-0.1, -0.05) is 31.7 Å². The number of rotatable bonds is 8. The maximum absolute atomic E-state index is 12.7. The summed E-state index contributed by atoms with van der Waals surface area (Å²) in [5.74, 6) is 2.12. The summed E-state index contributed by atoms with van der Waals surface area (Å²) < 4.78 is 16.8. The largest absolute Gasteiger partial charge is 0.496 e. The highest BCUT2D eigenvalue weighted by Gasteiger charge is 2.28. The fourth-order valence-electron chi connectivity index (χ4n) is 4.10. The van der Waals surface area contributed by atoms with Crippen molar-refractivity contribution in [3.63, 3.8) is 0 Å². The number of anilines is 2. The summed E-state index contributed by atoms with van der Waals surface area (Å²) in [4.78, 5) is 23.1. The van der Waals surface area contributed by atoms with Crippen LogP contribution in [0.1, 0.15) is 39.2 Å². The number of ether oxygens (including phenoxy) is 3. The molecule has 2 aromatic carbocycles. The van der Waals surface area contributed by atoms with E-state index in [1.807, 2.05) is 75.4 Å². The van der Waals surface area contributed by atoms with Gasteiger partial charge in [0.25, 0.3) is 0 Å². The molecule has 0 bridgehead atoms. The van der Waals surface area contributed by atoms with Crippen molar-refractivity contribution in [2.24, 2.45) is 0 Å². The Balaban J connectivity index is 1.57. The molecule has 1 amide bonds. The molecule has 0 spiro atoms. The summed E-state index contributed by atoms with van der Waals surface area (Å²) in [6.45, 7) is 10.3. The molecule has 3 aromatic rings. The van der Waals surface area contributed by atoms with Crippen molar-refractivity contribution in [1.82, 2.24) is 14.9 Å². The minimum Gasteiger partial charge on any atom is -0.496 e. The van der Waals surface area contributed by atoms with E-state index in [0.29, 0.717) is 24.5 Å². The highest BCUT2D eigenvalue weighted by Crippen LogP contribution is 2.37. The third-order valence-electron chi connectivity index (χ3n) is 6.60. The molecular formula is C30H34N4O4. The maximum atomic E-state index is 12.7. The van der Waals surface area contributed by atoms with Crippen molar-refractivity contribution in [2.45, 2.75) is 39.2 Å². The summed E-state index contributed by atoms with van der Waals surface area (Å²) in [5.41, 5.74) is 4.55. The molecule has 8 nitrogen and oxygen atoms in total. The zero-order valence-electron chi connectivity index (χ0n) is 22.6. The molecule has 0 saturated carbocycles. The van der Waals surface area contributed by atoms with Gasteiger partial charge in [0.05, 0.1) is 19.9 Å². The predicted octanol–water partition coefficient (Wildman–Crippen LogP) is 6.83. The molecular weight excluding hydrogens is 480 g/mol. The predicted molar refractivity (Wildman–Crippen MR) is 150 cm³/mol. The lowest BCUT2D eigenvalue weighted by molar-refractivity contribution is 0.0182. The number of benzene rings is 2. The van der Waals surface area contributed by atoms with Crippen molar-refractivity contribution in [2.75, 3.05) is 26.1 Å². The molecule has 0 unspecified atom stereocenters. The average molecular weight is 515 g/mol. The van der Waals surface area contributed by atoms with Crippen LogP contribution in [0.15, 0.2) is 73.2 Å². The molecule has 0 radical (unpaired) electrons. The normalized spacial score (nSPS) is 13.6. The Bertz CT molecular complexity index is 1370. The van der Waals surface area contributed by atoms with Crippen LogP contribution >= 0.6 is 0 Å². The molecule has 0 aliphatic carbocycles.